The van der Waals surface area contributed by atoms with Crippen LogP contribution in [0.5, 0.6) is 0 Å². The molecular formula is C20H22ClN3O. The Balaban J connectivity index is 1.33. The number of imidazole rings is 1. The quantitative estimate of drug-likeness (QED) is 0.619. The molecule has 0 saturated carbocycles. The maximum atomic E-state index is 11.9. The zero-order valence-electron chi connectivity index (χ0n) is 14.1. The lowest BCUT2D eigenvalue weighted by atomic mass is 10.1. The fourth-order valence-corrected chi connectivity index (χ4v) is 2.98. The van der Waals surface area contributed by atoms with E-state index in [1.165, 1.54) is 5.56 Å². The molecule has 130 valence electrons. The Kier molecular flexibility index (Phi) is 6.07. The zero-order valence-corrected chi connectivity index (χ0v) is 14.9. The molecule has 0 atom stereocenters. The van der Waals surface area contributed by atoms with E-state index in [9.17, 15) is 4.79 Å². The normalized spacial score (nSPS) is 10.9. The largest absolute Gasteiger partial charge is 0.356 e. The van der Waals surface area contributed by atoms with Crippen molar-refractivity contribution in [3.05, 3.63) is 71.3 Å². The van der Waals surface area contributed by atoms with Crippen LogP contribution in [-0.2, 0) is 17.6 Å². The van der Waals surface area contributed by atoms with Crippen LogP contribution >= 0.6 is 11.6 Å². The van der Waals surface area contributed by atoms with Gasteiger partial charge in [0.05, 0.1) is 11.7 Å². The summed E-state index contributed by atoms with van der Waals surface area (Å²) >= 11 is 5.87. The summed E-state index contributed by atoms with van der Waals surface area (Å²) in [5.74, 6) is 1.15. The number of halogens is 1. The van der Waals surface area contributed by atoms with Crippen LogP contribution in [0.25, 0.3) is 5.52 Å². The van der Waals surface area contributed by atoms with Gasteiger partial charge in [0.1, 0.15) is 5.82 Å². The molecule has 0 spiro atoms. The standard InChI is InChI=1S/C20H22ClN3O/c21-17-11-9-16(10-12-17)5-3-8-20(25)22-13-4-7-19-23-15-18-6-1-2-14-24(18)19/h1-2,6,9-12,14-15H,3-5,7-8,13H2,(H,22,25). The van der Waals surface area contributed by atoms with Crippen molar-refractivity contribution in [2.24, 2.45) is 0 Å². The second-order valence-electron chi connectivity index (χ2n) is 6.10. The van der Waals surface area contributed by atoms with Crippen LogP contribution in [0.1, 0.15) is 30.7 Å². The number of hydrogen-bond donors (Lipinski definition) is 1. The van der Waals surface area contributed by atoms with Crippen LogP contribution in [0.3, 0.4) is 0 Å². The number of carbonyl (C=O) groups is 1. The number of amides is 1. The first-order valence-corrected chi connectivity index (χ1v) is 9.02. The van der Waals surface area contributed by atoms with E-state index in [0.717, 1.165) is 42.0 Å². The van der Waals surface area contributed by atoms with Gasteiger partial charge in [-0.05, 0) is 49.1 Å². The smallest absolute Gasteiger partial charge is 0.220 e. The van der Waals surface area contributed by atoms with Crippen molar-refractivity contribution in [2.45, 2.75) is 32.1 Å². The van der Waals surface area contributed by atoms with Gasteiger partial charge in [0.25, 0.3) is 0 Å². The molecule has 0 unspecified atom stereocenters. The van der Waals surface area contributed by atoms with Crippen LogP contribution in [0, 0.1) is 0 Å². The third-order valence-electron chi connectivity index (χ3n) is 4.20. The van der Waals surface area contributed by atoms with E-state index >= 15 is 0 Å². The average molecular weight is 356 g/mol. The molecular weight excluding hydrogens is 334 g/mol. The van der Waals surface area contributed by atoms with Crippen molar-refractivity contribution in [1.29, 1.82) is 0 Å². The molecule has 3 aromatic rings. The van der Waals surface area contributed by atoms with Crippen LogP contribution in [-0.4, -0.2) is 21.8 Å². The molecule has 1 aromatic carbocycles. The number of aryl methyl sites for hydroxylation is 2. The molecule has 2 aromatic heterocycles. The molecule has 5 heteroatoms. The van der Waals surface area contributed by atoms with E-state index in [4.69, 9.17) is 11.6 Å². The van der Waals surface area contributed by atoms with Crippen molar-refractivity contribution in [2.75, 3.05) is 6.54 Å². The van der Waals surface area contributed by atoms with Crippen molar-refractivity contribution >= 4 is 23.0 Å². The molecule has 0 aliphatic heterocycles. The highest BCUT2D eigenvalue weighted by Crippen LogP contribution is 2.11. The maximum Gasteiger partial charge on any atom is 0.220 e. The molecule has 0 aliphatic rings. The molecule has 1 N–H and O–H groups in total. The number of carbonyl (C=O) groups excluding carboxylic acids is 1. The number of nitrogens with zero attached hydrogens (tertiary/aromatic N) is 2. The summed E-state index contributed by atoms with van der Waals surface area (Å²) in [4.78, 5) is 16.4. The van der Waals surface area contributed by atoms with E-state index < -0.39 is 0 Å². The minimum Gasteiger partial charge on any atom is -0.356 e. The highest BCUT2D eigenvalue weighted by Gasteiger charge is 2.04. The van der Waals surface area contributed by atoms with Gasteiger partial charge in [-0.3, -0.25) is 4.79 Å². The Bertz CT molecular complexity index is 826. The van der Waals surface area contributed by atoms with Crippen LogP contribution in [0.15, 0.2) is 54.9 Å². The van der Waals surface area contributed by atoms with E-state index in [0.29, 0.717) is 13.0 Å². The minimum atomic E-state index is 0.113. The lowest BCUT2D eigenvalue weighted by molar-refractivity contribution is -0.121. The Morgan fingerprint density at radius 3 is 2.76 bits per heavy atom. The number of benzene rings is 1. The van der Waals surface area contributed by atoms with E-state index in [2.05, 4.69) is 14.7 Å². The first kappa shape index (κ1) is 17.5. The predicted molar refractivity (Wildman–Crippen MR) is 101 cm³/mol. The third kappa shape index (κ3) is 5.07. The molecule has 0 fully saturated rings. The van der Waals surface area contributed by atoms with Gasteiger partial charge in [-0.1, -0.05) is 29.8 Å². The Morgan fingerprint density at radius 2 is 1.92 bits per heavy atom. The molecule has 3 rings (SSSR count). The highest BCUT2D eigenvalue weighted by atomic mass is 35.5. The lowest BCUT2D eigenvalue weighted by Gasteiger charge is -2.06. The first-order chi connectivity index (χ1) is 12.2. The van der Waals surface area contributed by atoms with Gasteiger partial charge >= 0.3 is 0 Å². The number of fused-ring (bicyclic) bond motifs is 1. The number of nitrogens with one attached hydrogen (secondary N) is 1. The van der Waals surface area contributed by atoms with Gasteiger partial charge in [-0.25, -0.2) is 4.98 Å². The fraction of sp³-hybridized carbons (Fsp3) is 0.300. The topological polar surface area (TPSA) is 46.4 Å². The van der Waals surface area contributed by atoms with Gasteiger partial charge in [0, 0.05) is 30.6 Å². The predicted octanol–water partition coefficient (Wildman–Crippen LogP) is 4.06. The summed E-state index contributed by atoms with van der Waals surface area (Å²) in [5, 5.41) is 3.73. The van der Waals surface area contributed by atoms with Crippen LogP contribution in [0.2, 0.25) is 5.02 Å². The summed E-state index contributed by atoms with van der Waals surface area (Å²) in [6.45, 7) is 0.682. The molecule has 0 radical (unpaired) electrons. The summed E-state index contributed by atoms with van der Waals surface area (Å²) in [6, 6.07) is 13.8. The van der Waals surface area contributed by atoms with Crippen molar-refractivity contribution in [1.82, 2.24) is 14.7 Å². The minimum absolute atomic E-state index is 0.113. The molecule has 2 heterocycles. The Labute approximate surface area is 152 Å². The number of pyridine rings is 1. The number of aromatic nitrogens is 2. The summed E-state index contributed by atoms with van der Waals surface area (Å²) in [6.07, 6.45) is 7.93. The molecule has 0 saturated heterocycles. The van der Waals surface area contributed by atoms with Gasteiger partial charge in [0.2, 0.25) is 5.91 Å². The SMILES string of the molecule is O=C(CCCc1ccc(Cl)cc1)NCCCc1ncc2ccccn12. The van der Waals surface area contributed by atoms with E-state index in [-0.39, 0.29) is 5.91 Å². The maximum absolute atomic E-state index is 11.9. The van der Waals surface area contributed by atoms with E-state index in [1.54, 1.807) is 0 Å². The molecule has 0 aliphatic carbocycles. The molecule has 0 bridgehead atoms. The average Bonchev–Trinajstić information content (AvgIpc) is 3.04. The Morgan fingerprint density at radius 1 is 1.08 bits per heavy atom. The summed E-state index contributed by atoms with van der Waals surface area (Å²) in [7, 11) is 0. The number of rotatable bonds is 8. The second kappa shape index (κ2) is 8.67. The number of hydrogen-bond acceptors (Lipinski definition) is 2. The Hall–Kier alpha value is -2.33. The first-order valence-electron chi connectivity index (χ1n) is 8.64. The van der Waals surface area contributed by atoms with Crippen LogP contribution < -0.4 is 5.32 Å². The van der Waals surface area contributed by atoms with Crippen LogP contribution in [0.4, 0.5) is 0 Å². The zero-order chi connectivity index (χ0) is 17.5. The lowest BCUT2D eigenvalue weighted by Crippen LogP contribution is -2.24. The molecule has 25 heavy (non-hydrogen) atoms. The van der Waals surface area contributed by atoms with Gasteiger partial charge in [-0.15, -0.1) is 0 Å². The molecule has 4 nitrogen and oxygen atoms in total. The highest BCUT2D eigenvalue weighted by molar-refractivity contribution is 6.30. The summed E-state index contributed by atoms with van der Waals surface area (Å²) in [5.41, 5.74) is 2.31. The van der Waals surface area contributed by atoms with Crippen molar-refractivity contribution in [3.8, 4) is 0 Å². The van der Waals surface area contributed by atoms with Gasteiger partial charge in [0.15, 0.2) is 0 Å². The summed E-state index contributed by atoms with van der Waals surface area (Å²) < 4.78 is 2.09. The third-order valence-corrected chi connectivity index (χ3v) is 4.45. The van der Waals surface area contributed by atoms with Gasteiger partial charge < -0.3 is 9.72 Å². The monoisotopic (exact) mass is 355 g/mol. The van der Waals surface area contributed by atoms with Crippen molar-refractivity contribution in [3.63, 3.8) is 0 Å². The van der Waals surface area contributed by atoms with E-state index in [1.807, 2.05) is 54.9 Å². The fourth-order valence-electron chi connectivity index (χ4n) is 2.85. The second-order valence-corrected chi connectivity index (χ2v) is 6.54. The van der Waals surface area contributed by atoms with Crippen molar-refractivity contribution < 1.29 is 4.79 Å². The van der Waals surface area contributed by atoms with Gasteiger partial charge in [-0.2, -0.15) is 0 Å². The molecule has 1 amide bonds.